The van der Waals surface area contributed by atoms with Gasteiger partial charge in [0.15, 0.2) is 0 Å². The molecule has 26 heavy (non-hydrogen) atoms. The number of hydrogen-bond acceptors (Lipinski definition) is 4. The van der Waals surface area contributed by atoms with Gasteiger partial charge in [-0.1, -0.05) is 30.7 Å². The Balaban J connectivity index is 1.67. The van der Waals surface area contributed by atoms with Gasteiger partial charge in [-0.15, -0.1) is 0 Å². The van der Waals surface area contributed by atoms with Crippen molar-refractivity contribution in [2.24, 2.45) is 0 Å². The van der Waals surface area contributed by atoms with E-state index in [1.165, 1.54) is 4.31 Å². The topological polar surface area (TPSA) is 79.4 Å². The summed E-state index contributed by atoms with van der Waals surface area (Å²) < 4.78 is 27.2. The van der Waals surface area contributed by atoms with E-state index in [1.54, 1.807) is 36.5 Å². The van der Waals surface area contributed by atoms with E-state index in [2.05, 4.69) is 10.3 Å². The molecule has 1 amide bonds. The molecular weight excluding hydrogens is 350 g/mol. The summed E-state index contributed by atoms with van der Waals surface area (Å²) in [6, 6.07) is 13.3. The van der Waals surface area contributed by atoms with Crippen LogP contribution in [-0.4, -0.2) is 42.7 Å². The van der Waals surface area contributed by atoms with Crippen molar-refractivity contribution in [3.63, 3.8) is 0 Å². The maximum absolute atomic E-state index is 12.9. The van der Waals surface area contributed by atoms with Crippen LogP contribution in [-0.2, 0) is 21.2 Å². The smallest absolute Gasteiger partial charge is 0.243 e. The molecule has 1 atom stereocenters. The minimum absolute atomic E-state index is 0.230. The minimum atomic E-state index is -3.67. The molecular formula is C19H23N3O3S. The molecule has 1 aliphatic rings. The van der Waals surface area contributed by atoms with Crippen LogP contribution >= 0.6 is 0 Å². The number of nitrogens with zero attached hydrogens (tertiary/aromatic N) is 2. The zero-order valence-electron chi connectivity index (χ0n) is 14.5. The monoisotopic (exact) mass is 373 g/mol. The van der Waals surface area contributed by atoms with E-state index in [0.717, 1.165) is 18.5 Å². The van der Waals surface area contributed by atoms with Crippen LogP contribution < -0.4 is 5.32 Å². The maximum atomic E-state index is 12.9. The van der Waals surface area contributed by atoms with Crippen molar-refractivity contribution < 1.29 is 13.2 Å². The van der Waals surface area contributed by atoms with E-state index in [1.807, 2.05) is 18.2 Å². The Labute approximate surface area is 154 Å². The molecule has 2 heterocycles. The Morgan fingerprint density at radius 3 is 2.62 bits per heavy atom. The summed E-state index contributed by atoms with van der Waals surface area (Å²) in [5.41, 5.74) is 0.894. The highest BCUT2D eigenvalue weighted by Gasteiger charge is 2.37. The van der Waals surface area contributed by atoms with Crippen LogP contribution in [0.15, 0.2) is 59.6 Å². The van der Waals surface area contributed by atoms with Crippen molar-refractivity contribution in [2.45, 2.75) is 36.6 Å². The first kappa shape index (κ1) is 18.5. The third-order valence-electron chi connectivity index (χ3n) is 4.51. The molecule has 7 heteroatoms. The third-order valence-corrected chi connectivity index (χ3v) is 6.44. The number of rotatable bonds is 6. The quantitative estimate of drug-likeness (QED) is 0.840. The number of sulfonamides is 1. The molecule has 1 unspecified atom stereocenters. The van der Waals surface area contributed by atoms with Gasteiger partial charge in [0.2, 0.25) is 15.9 Å². The maximum Gasteiger partial charge on any atom is 0.243 e. The molecule has 1 fully saturated rings. The highest BCUT2D eigenvalue weighted by molar-refractivity contribution is 7.89. The Morgan fingerprint density at radius 2 is 1.88 bits per heavy atom. The first-order valence-corrected chi connectivity index (χ1v) is 10.3. The fourth-order valence-corrected chi connectivity index (χ4v) is 4.84. The summed E-state index contributed by atoms with van der Waals surface area (Å²) in [6.07, 6.45) is 4.49. The molecule has 138 valence electrons. The molecule has 1 aliphatic heterocycles. The van der Waals surface area contributed by atoms with Crippen LogP contribution in [0.5, 0.6) is 0 Å². The fourth-order valence-electron chi connectivity index (χ4n) is 3.16. The van der Waals surface area contributed by atoms with Crippen molar-refractivity contribution in [2.75, 3.05) is 13.1 Å². The van der Waals surface area contributed by atoms with Crippen LogP contribution in [0.1, 0.15) is 25.0 Å². The zero-order valence-corrected chi connectivity index (χ0v) is 15.4. The van der Waals surface area contributed by atoms with Gasteiger partial charge < -0.3 is 5.32 Å². The SMILES string of the molecule is O=C(NCCc1ccccn1)C1CCCCN1S(=O)(=O)c1ccccc1. The number of aromatic nitrogens is 1. The van der Waals surface area contributed by atoms with Crippen molar-refractivity contribution >= 4 is 15.9 Å². The molecule has 1 aromatic heterocycles. The molecule has 1 saturated heterocycles. The van der Waals surface area contributed by atoms with Gasteiger partial charge >= 0.3 is 0 Å². The standard InChI is InChI=1S/C19H23N3O3S/c23-19(21-14-12-16-8-4-6-13-20-16)18-11-5-7-15-22(18)26(24,25)17-9-2-1-3-10-17/h1-4,6,8-10,13,18H,5,7,11-12,14-15H2,(H,21,23). The second-order valence-corrected chi connectivity index (χ2v) is 8.19. The molecule has 1 N–H and O–H groups in total. The van der Waals surface area contributed by atoms with Gasteiger partial charge in [0.05, 0.1) is 4.90 Å². The number of nitrogens with one attached hydrogen (secondary N) is 1. The van der Waals surface area contributed by atoms with Gasteiger partial charge in [0.25, 0.3) is 0 Å². The van der Waals surface area contributed by atoms with Crippen molar-refractivity contribution in [3.05, 3.63) is 60.4 Å². The van der Waals surface area contributed by atoms with Crippen molar-refractivity contribution in [1.29, 1.82) is 0 Å². The van der Waals surface area contributed by atoms with Gasteiger partial charge in [0.1, 0.15) is 6.04 Å². The molecule has 0 radical (unpaired) electrons. The lowest BCUT2D eigenvalue weighted by molar-refractivity contribution is -0.125. The lowest BCUT2D eigenvalue weighted by Gasteiger charge is -2.33. The average molecular weight is 373 g/mol. The average Bonchev–Trinajstić information content (AvgIpc) is 2.69. The van der Waals surface area contributed by atoms with Gasteiger partial charge in [-0.05, 0) is 37.1 Å². The van der Waals surface area contributed by atoms with Crippen LogP contribution in [0, 0.1) is 0 Å². The minimum Gasteiger partial charge on any atom is -0.354 e. The second-order valence-electron chi connectivity index (χ2n) is 6.30. The van der Waals surface area contributed by atoms with Crippen molar-refractivity contribution in [3.8, 4) is 0 Å². The summed E-state index contributed by atoms with van der Waals surface area (Å²) in [7, 11) is -3.67. The molecule has 0 spiro atoms. The number of benzene rings is 1. The summed E-state index contributed by atoms with van der Waals surface area (Å²) in [5.74, 6) is -0.236. The summed E-state index contributed by atoms with van der Waals surface area (Å²) >= 11 is 0. The zero-order chi connectivity index (χ0) is 18.4. The Kier molecular flexibility index (Phi) is 6.00. The normalized spacial score (nSPS) is 18.4. The predicted molar refractivity (Wildman–Crippen MR) is 98.9 cm³/mol. The van der Waals surface area contributed by atoms with Gasteiger partial charge in [0, 0.05) is 31.4 Å². The van der Waals surface area contributed by atoms with E-state index in [9.17, 15) is 13.2 Å². The Morgan fingerprint density at radius 1 is 1.12 bits per heavy atom. The van der Waals surface area contributed by atoms with Gasteiger partial charge in [-0.3, -0.25) is 9.78 Å². The molecule has 0 saturated carbocycles. The molecule has 3 rings (SSSR count). The molecule has 2 aromatic rings. The first-order chi connectivity index (χ1) is 12.6. The molecule has 0 bridgehead atoms. The predicted octanol–water partition coefficient (Wildman–Crippen LogP) is 1.98. The number of hydrogen-bond donors (Lipinski definition) is 1. The van der Waals surface area contributed by atoms with Crippen LogP contribution in [0.4, 0.5) is 0 Å². The number of carbonyl (C=O) groups excluding carboxylic acids is 1. The second kappa shape index (κ2) is 8.42. The van der Waals surface area contributed by atoms with E-state index in [4.69, 9.17) is 0 Å². The lowest BCUT2D eigenvalue weighted by atomic mass is 10.0. The number of pyridine rings is 1. The van der Waals surface area contributed by atoms with Crippen LogP contribution in [0.3, 0.4) is 0 Å². The van der Waals surface area contributed by atoms with Gasteiger partial charge in [-0.25, -0.2) is 8.42 Å². The molecule has 1 aromatic carbocycles. The first-order valence-electron chi connectivity index (χ1n) is 8.83. The molecule has 6 nitrogen and oxygen atoms in total. The van der Waals surface area contributed by atoms with Crippen LogP contribution in [0.25, 0.3) is 0 Å². The fraction of sp³-hybridized carbons (Fsp3) is 0.368. The van der Waals surface area contributed by atoms with Crippen LogP contribution in [0.2, 0.25) is 0 Å². The molecule has 0 aliphatic carbocycles. The third kappa shape index (κ3) is 4.28. The van der Waals surface area contributed by atoms with Crippen molar-refractivity contribution in [1.82, 2.24) is 14.6 Å². The number of piperidine rings is 1. The Bertz CT molecular complexity index is 826. The van der Waals surface area contributed by atoms with E-state index >= 15 is 0 Å². The summed E-state index contributed by atoms with van der Waals surface area (Å²) in [4.78, 5) is 17.1. The lowest BCUT2D eigenvalue weighted by Crippen LogP contribution is -2.52. The summed E-state index contributed by atoms with van der Waals surface area (Å²) in [5, 5.41) is 2.87. The highest BCUT2D eigenvalue weighted by atomic mass is 32.2. The largest absolute Gasteiger partial charge is 0.354 e. The van der Waals surface area contributed by atoms with E-state index < -0.39 is 16.1 Å². The Hall–Kier alpha value is -2.25. The summed E-state index contributed by atoms with van der Waals surface area (Å²) in [6.45, 7) is 0.807. The van der Waals surface area contributed by atoms with E-state index in [0.29, 0.717) is 25.9 Å². The number of carbonyl (C=O) groups is 1. The van der Waals surface area contributed by atoms with E-state index in [-0.39, 0.29) is 10.8 Å². The highest BCUT2D eigenvalue weighted by Crippen LogP contribution is 2.25. The number of amides is 1. The van der Waals surface area contributed by atoms with Gasteiger partial charge in [-0.2, -0.15) is 4.31 Å².